The highest BCUT2D eigenvalue weighted by Crippen LogP contribution is 2.22. The van der Waals surface area contributed by atoms with Gasteiger partial charge in [-0.15, -0.1) is 0 Å². The van der Waals surface area contributed by atoms with Crippen LogP contribution in [0, 0.1) is 0 Å². The first-order valence-corrected chi connectivity index (χ1v) is 11.6. The third-order valence-electron chi connectivity index (χ3n) is 4.88. The molecule has 3 rings (SSSR count). The van der Waals surface area contributed by atoms with Crippen molar-refractivity contribution in [1.82, 2.24) is 4.31 Å². The third kappa shape index (κ3) is 6.30. The van der Waals surface area contributed by atoms with Gasteiger partial charge in [-0.05, 0) is 49.6 Å². The number of carbonyl (C=O) groups excluding carboxylic acids is 1. The number of hydrogen-bond donors (Lipinski definition) is 1. The van der Waals surface area contributed by atoms with Crippen LogP contribution in [0.2, 0.25) is 0 Å². The Bertz CT molecular complexity index is 892. The summed E-state index contributed by atoms with van der Waals surface area (Å²) in [6.45, 7) is 1.56. The molecule has 29 heavy (non-hydrogen) atoms. The van der Waals surface area contributed by atoms with E-state index in [2.05, 4.69) is 5.32 Å². The van der Waals surface area contributed by atoms with Crippen LogP contribution in [0.15, 0.2) is 59.5 Å². The van der Waals surface area contributed by atoms with E-state index in [1.54, 1.807) is 28.6 Å². The number of ether oxygens (including phenoxy) is 1. The van der Waals surface area contributed by atoms with Crippen molar-refractivity contribution in [3.8, 4) is 5.75 Å². The first kappa shape index (κ1) is 21.3. The van der Waals surface area contributed by atoms with E-state index in [1.165, 1.54) is 0 Å². The zero-order chi connectivity index (χ0) is 20.5. The molecular weight excluding hydrogens is 388 g/mol. The number of anilines is 1. The SMILES string of the molecule is O=C(CCCOc1ccccc1)Nc1cccc(S(=O)(=O)N2CCCCCC2)c1. The van der Waals surface area contributed by atoms with Gasteiger partial charge in [0, 0.05) is 25.2 Å². The zero-order valence-electron chi connectivity index (χ0n) is 16.5. The molecule has 0 bridgehead atoms. The van der Waals surface area contributed by atoms with Gasteiger partial charge in [-0.2, -0.15) is 4.31 Å². The molecule has 2 aromatic carbocycles. The van der Waals surface area contributed by atoms with Gasteiger partial charge in [0.05, 0.1) is 11.5 Å². The summed E-state index contributed by atoms with van der Waals surface area (Å²) >= 11 is 0. The molecule has 1 aliphatic rings. The molecule has 2 aromatic rings. The molecule has 1 saturated heterocycles. The minimum Gasteiger partial charge on any atom is -0.494 e. The van der Waals surface area contributed by atoms with Crippen LogP contribution in [0.3, 0.4) is 0 Å². The molecule has 1 N–H and O–H groups in total. The van der Waals surface area contributed by atoms with Crippen molar-refractivity contribution < 1.29 is 17.9 Å². The summed E-state index contributed by atoms with van der Waals surface area (Å²) in [5.74, 6) is 0.616. The molecule has 1 aliphatic heterocycles. The number of benzene rings is 2. The summed E-state index contributed by atoms with van der Waals surface area (Å²) < 4.78 is 33.0. The summed E-state index contributed by atoms with van der Waals surface area (Å²) in [7, 11) is -3.53. The molecule has 0 spiro atoms. The number of amides is 1. The van der Waals surface area contributed by atoms with Gasteiger partial charge in [-0.1, -0.05) is 37.1 Å². The average molecular weight is 417 g/mol. The second kappa shape index (κ2) is 10.4. The van der Waals surface area contributed by atoms with Gasteiger partial charge in [0.15, 0.2) is 0 Å². The molecule has 0 atom stereocenters. The summed E-state index contributed by atoms with van der Waals surface area (Å²) in [5, 5.41) is 2.79. The van der Waals surface area contributed by atoms with E-state index in [9.17, 15) is 13.2 Å². The second-order valence-corrected chi connectivity index (χ2v) is 9.10. The Balaban J connectivity index is 1.52. The number of para-hydroxylation sites is 1. The highest BCUT2D eigenvalue weighted by molar-refractivity contribution is 7.89. The quantitative estimate of drug-likeness (QED) is 0.659. The third-order valence-corrected chi connectivity index (χ3v) is 6.78. The molecule has 0 aliphatic carbocycles. The molecule has 156 valence electrons. The minimum absolute atomic E-state index is 0.161. The number of hydrogen-bond acceptors (Lipinski definition) is 4. The van der Waals surface area contributed by atoms with Crippen molar-refractivity contribution in [1.29, 1.82) is 0 Å². The molecule has 1 heterocycles. The molecule has 0 radical (unpaired) electrons. The maximum Gasteiger partial charge on any atom is 0.243 e. The van der Waals surface area contributed by atoms with Crippen molar-refractivity contribution in [3.63, 3.8) is 0 Å². The monoisotopic (exact) mass is 416 g/mol. The first-order chi connectivity index (χ1) is 14.1. The van der Waals surface area contributed by atoms with Gasteiger partial charge in [-0.25, -0.2) is 8.42 Å². The Hall–Kier alpha value is -2.38. The summed E-state index contributed by atoms with van der Waals surface area (Å²) in [6.07, 6.45) is 4.79. The predicted molar refractivity (Wildman–Crippen MR) is 113 cm³/mol. The van der Waals surface area contributed by atoms with Crippen molar-refractivity contribution in [3.05, 3.63) is 54.6 Å². The Labute approximate surface area is 172 Å². The molecular formula is C22H28N2O4S. The van der Waals surface area contributed by atoms with E-state index in [4.69, 9.17) is 4.74 Å². The number of sulfonamides is 1. The van der Waals surface area contributed by atoms with E-state index in [0.29, 0.717) is 38.2 Å². The van der Waals surface area contributed by atoms with Gasteiger partial charge < -0.3 is 10.1 Å². The van der Waals surface area contributed by atoms with Crippen molar-refractivity contribution in [2.24, 2.45) is 0 Å². The molecule has 6 nitrogen and oxygen atoms in total. The highest BCUT2D eigenvalue weighted by Gasteiger charge is 2.25. The van der Waals surface area contributed by atoms with Gasteiger partial charge in [0.25, 0.3) is 0 Å². The first-order valence-electron chi connectivity index (χ1n) is 10.1. The van der Waals surface area contributed by atoms with Crippen LogP contribution in [0.1, 0.15) is 38.5 Å². The van der Waals surface area contributed by atoms with Crippen LogP contribution in [-0.2, 0) is 14.8 Å². The summed E-state index contributed by atoms with van der Waals surface area (Å²) in [6, 6.07) is 16.0. The van der Waals surface area contributed by atoms with Crippen LogP contribution in [-0.4, -0.2) is 38.3 Å². The average Bonchev–Trinajstić information content (AvgIpc) is 3.02. The van der Waals surface area contributed by atoms with Crippen LogP contribution >= 0.6 is 0 Å². The highest BCUT2D eigenvalue weighted by atomic mass is 32.2. The van der Waals surface area contributed by atoms with E-state index in [-0.39, 0.29) is 10.8 Å². The Kier molecular flexibility index (Phi) is 7.66. The van der Waals surface area contributed by atoms with E-state index in [1.807, 2.05) is 30.3 Å². The van der Waals surface area contributed by atoms with E-state index >= 15 is 0 Å². The fourth-order valence-electron chi connectivity index (χ4n) is 3.33. The number of rotatable bonds is 8. The fraction of sp³-hybridized carbons (Fsp3) is 0.409. The summed E-state index contributed by atoms with van der Waals surface area (Å²) in [4.78, 5) is 12.4. The van der Waals surface area contributed by atoms with E-state index in [0.717, 1.165) is 31.4 Å². The lowest BCUT2D eigenvalue weighted by Crippen LogP contribution is -2.32. The van der Waals surface area contributed by atoms with Gasteiger partial charge in [-0.3, -0.25) is 4.79 Å². The Morgan fingerprint density at radius 3 is 2.41 bits per heavy atom. The predicted octanol–water partition coefficient (Wildman–Crippen LogP) is 4.05. The standard InChI is InChI=1S/C22H28N2O4S/c25-22(14-9-17-28-20-11-4-3-5-12-20)23-19-10-8-13-21(18-19)29(26,27)24-15-6-1-2-7-16-24/h3-5,8,10-13,18H,1-2,6-7,9,14-17H2,(H,23,25). The number of carbonyl (C=O) groups is 1. The maximum absolute atomic E-state index is 12.9. The fourth-order valence-corrected chi connectivity index (χ4v) is 4.89. The molecule has 0 aromatic heterocycles. The van der Waals surface area contributed by atoms with Gasteiger partial charge in [0.1, 0.15) is 5.75 Å². The Morgan fingerprint density at radius 2 is 1.69 bits per heavy atom. The van der Waals surface area contributed by atoms with Crippen molar-refractivity contribution >= 4 is 21.6 Å². The zero-order valence-corrected chi connectivity index (χ0v) is 17.4. The van der Waals surface area contributed by atoms with Crippen LogP contribution in [0.4, 0.5) is 5.69 Å². The smallest absolute Gasteiger partial charge is 0.243 e. The van der Waals surface area contributed by atoms with Crippen molar-refractivity contribution in [2.45, 2.75) is 43.4 Å². The number of nitrogens with one attached hydrogen (secondary N) is 1. The second-order valence-electron chi connectivity index (χ2n) is 7.16. The maximum atomic E-state index is 12.9. The van der Waals surface area contributed by atoms with Crippen molar-refractivity contribution in [2.75, 3.05) is 25.0 Å². The van der Waals surface area contributed by atoms with Gasteiger partial charge >= 0.3 is 0 Å². The van der Waals surface area contributed by atoms with E-state index < -0.39 is 10.0 Å². The minimum atomic E-state index is -3.53. The molecule has 1 amide bonds. The Morgan fingerprint density at radius 1 is 0.966 bits per heavy atom. The van der Waals surface area contributed by atoms with Crippen LogP contribution in [0.25, 0.3) is 0 Å². The lowest BCUT2D eigenvalue weighted by atomic mass is 10.2. The van der Waals surface area contributed by atoms with Crippen LogP contribution in [0.5, 0.6) is 5.75 Å². The largest absolute Gasteiger partial charge is 0.494 e. The molecule has 0 unspecified atom stereocenters. The normalized spacial score (nSPS) is 15.4. The molecule has 0 saturated carbocycles. The topological polar surface area (TPSA) is 75.7 Å². The lowest BCUT2D eigenvalue weighted by molar-refractivity contribution is -0.116. The van der Waals surface area contributed by atoms with Crippen LogP contribution < -0.4 is 10.1 Å². The van der Waals surface area contributed by atoms with Gasteiger partial charge in [0.2, 0.25) is 15.9 Å². The summed E-state index contributed by atoms with van der Waals surface area (Å²) in [5.41, 5.74) is 0.495. The molecule has 1 fully saturated rings. The lowest BCUT2D eigenvalue weighted by Gasteiger charge is -2.20. The molecule has 7 heteroatoms. The number of nitrogens with zero attached hydrogens (tertiary/aromatic N) is 1.